The Balaban J connectivity index is 1.92. The van der Waals surface area contributed by atoms with Gasteiger partial charge in [0.05, 0.1) is 4.34 Å². The quantitative estimate of drug-likeness (QED) is 0.724. The van der Waals surface area contributed by atoms with Crippen LogP contribution >= 0.6 is 34.5 Å². The third-order valence-electron chi connectivity index (χ3n) is 2.62. The molecule has 2 aromatic rings. The summed E-state index contributed by atoms with van der Waals surface area (Å²) >= 11 is 13.2. The summed E-state index contributed by atoms with van der Waals surface area (Å²) in [4.78, 5) is 1.24. The zero-order valence-electron chi connectivity index (χ0n) is 9.96. The first-order valence-corrected chi connectivity index (χ1v) is 7.64. The maximum atomic E-state index is 5.90. The van der Waals surface area contributed by atoms with Crippen LogP contribution in [0.5, 0.6) is 0 Å². The summed E-state index contributed by atoms with van der Waals surface area (Å²) in [5.74, 6) is 0.714. The van der Waals surface area contributed by atoms with Crippen LogP contribution in [0.3, 0.4) is 0 Å². The fourth-order valence-electron chi connectivity index (χ4n) is 1.74. The third kappa shape index (κ3) is 4.20. The van der Waals surface area contributed by atoms with E-state index in [0.29, 0.717) is 5.88 Å². The normalized spacial score (nSPS) is 10.6. The second-order valence-corrected chi connectivity index (χ2v) is 6.23. The minimum atomic E-state index is 0.714. The number of alkyl halides is 1. The van der Waals surface area contributed by atoms with Gasteiger partial charge in [-0.25, -0.2) is 0 Å². The fourth-order valence-corrected chi connectivity index (χ4v) is 2.90. The number of halogens is 2. The van der Waals surface area contributed by atoms with Gasteiger partial charge in [0, 0.05) is 23.0 Å². The Bertz CT molecular complexity index is 496. The monoisotopic (exact) mass is 299 g/mol. The molecule has 0 spiro atoms. The molecule has 0 amide bonds. The minimum Gasteiger partial charge on any atom is -0.380 e. The maximum Gasteiger partial charge on any atom is 0.0931 e. The van der Waals surface area contributed by atoms with Gasteiger partial charge in [0.15, 0.2) is 0 Å². The van der Waals surface area contributed by atoms with Crippen LogP contribution in [0.1, 0.15) is 16.9 Å². The molecule has 0 aliphatic rings. The second kappa shape index (κ2) is 7.03. The van der Waals surface area contributed by atoms with Gasteiger partial charge >= 0.3 is 0 Å². The molecular formula is C14H15Cl2NS. The molecule has 1 nitrogen and oxygen atoms in total. The number of hydrogen-bond acceptors (Lipinski definition) is 2. The SMILES string of the molecule is ClCCCc1cccc(NCc2ccc(Cl)s2)c1. The number of nitrogens with one attached hydrogen (secondary N) is 1. The highest BCUT2D eigenvalue weighted by Gasteiger charge is 1.99. The van der Waals surface area contributed by atoms with Crippen molar-refractivity contribution < 1.29 is 0 Å². The van der Waals surface area contributed by atoms with E-state index >= 15 is 0 Å². The molecule has 0 radical (unpaired) electrons. The molecule has 0 bridgehead atoms. The lowest BCUT2D eigenvalue weighted by atomic mass is 10.1. The molecule has 4 heteroatoms. The molecular weight excluding hydrogens is 285 g/mol. The van der Waals surface area contributed by atoms with Gasteiger partial charge in [-0.2, -0.15) is 0 Å². The van der Waals surface area contributed by atoms with Crippen LogP contribution in [-0.2, 0) is 13.0 Å². The summed E-state index contributed by atoms with van der Waals surface area (Å²) < 4.78 is 0.836. The van der Waals surface area contributed by atoms with Gasteiger partial charge in [0.1, 0.15) is 0 Å². The number of aryl methyl sites for hydroxylation is 1. The maximum absolute atomic E-state index is 5.90. The highest BCUT2D eigenvalue weighted by molar-refractivity contribution is 7.16. The van der Waals surface area contributed by atoms with Gasteiger partial charge in [-0.3, -0.25) is 0 Å². The van der Waals surface area contributed by atoms with Crippen molar-refractivity contribution in [2.45, 2.75) is 19.4 Å². The summed E-state index contributed by atoms with van der Waals surface area (Å²) in [5.41, 5.74) is 2.47. The minimum absolute atomic E-state index is 0.714. The summed E-state index contributed by atoms with van der Waals surface area (Å²) in [5, 5.41) is 3.41. The van der Waals surface area contributed by atoms with Gasteiger partial charge in [-0.1, -0.05) is 23.7 Å². The van der Waals surface area contributed by atoms with Gasteiger partial charge in [0.2, 0.25) is 0 Å². The lowest BCUT2D eigenvalue weighted by Gasteiger charge is -2.07. The summed E-state index contributed by atoms with van der Waals surface area (Å²) in [6.45, 7) is 0.816. The van der Waals surface area contributed by atoms with Crippen LogP contribution in [0.2, 0.25) is 4.34 Å². The van der Waals surface area contributed by atoms with Crippen LogP contribution in [0.25, 0.3) is 0 Å². The van der Waals surface area contributed by atoms with E-state index < -0.39 is 0 Å². The van der Waals surface area contributed by atoms with Crippen molar-refractivity contribution in [2.75, 3.05) is 11.2 Å². The standard InChI is InChI=1S/C14H15Cl2NS/c15-8-2-4-11-3-1-5-12(9-11)17-10-13-6-7-14(16)18-13/h1,3,5-7,9,17H,2,4,8,10H2. The van der Waals surface area contributed by atoms with Gasteiger partial charge in [0.25, 0.3) is 0 Å². The van der Waals surface area contributed by atoms with Crippen molar-refractivity contribution in [1.82, 2.24) is 0 Å². The van der Waals surface area contributed by atoms with Crippen molar-refractivity contribution in [3.8, 4) is 0 Å². The molecule has 0 fully saturated rings. The molecule has 0 unspecified atom stereocenters. The molecule has 18 heavy (non-hydrogen) atoms. The second-order valence-electron chi connectivity index (χ2n) is 4.05. The van der Waals surface area contributed by atoms with Crippen LogP contribution in [0.4, 0.5) is 5.69 Å². The van der Waals surface area contributed by atoms with Crippen molar-refractivity contribution in [2.24, 2.45) is 0 Å². The molecule has 1 heterocycles. The predicted molar refractivity (Wildman–Crippen MR) is 82.1 cm³/mol. The first kappa shape index (κ1) is 13.7. The van der Waals surface area contributed by atoms with Gasteiger partial charge in [-0.15, -0.1) is 22.9 Å². The van der Waals surface area contributed by atoms with Crippen molar-refractivity contribution in [3.05, 3.63) is 51.2 Å². The topological polar surface area (TPSA) is 12.0 Å². The van der Waals surface area contributed by atoms with Crippen LogP contribution < -0.4 is 5.32 Å². The number of hydrogen-bond donors (Lipinski definition) is 1. The number of anilines is 1. The number of rotatable bonds is 6. The highest BCUT2D eigenvalue weighted by atomic mass is 35.5. The first-order chi connectivity index (χ1) is 8.78. The molecule has 0 atom stereocenters. The Morgan fingerprint density at radius 3 is 2.78 bits per heavy atom. The Labute approximate surface area is 122 Å². The smallest absolute Gasteiger partial charge is 0.0931 e. The molecule has 0 saturated carbocycles. The molecule has 2 rings (SSSR count). The van der Waals surface area contributed by atoms with E-state index in [1.54, 1.807) is 11.3 Å². The van der Waals surface area contributed by atoms with Crippen molar-refractivity contribution in [1.29, 1.82) is 0 Å². The summed E-state index contributed by atoms with van der Waals surface area (Å²) in [6, 6.07) is 12.5. The van der Waals surface area contributed by atoms with E-state index in [1.807, 2.05) is 6.07 Å². The van der Waals surface area contributed by atoms with Crippen molar-refractivity contribution >= 4 is 40.2 Å². The predicted octanol–water partition coefficient (Wildman–Crippen LogP) is 5.19. The molecule has 1 aromatic carbocycles. The number of thiophene rings is 1. The van der Waals surface area contributed by atoms with Crippen LogP contribution in [-0.4, -0.2) is 5.88 Å². The van der Waals surface area contributed by atoms with E-state index in [1.165, 1.54) is 10.4 Å². The average molecular weight is 300 g/mol. The van der Waals surface area contributed by atoms with Crippen LogP contribution in [0, 0.1) is 0 Å². The van der Waals surface area contributed by atoms with E-state index in [0.717, 1.165) is 29.4 Å². The first-order valence-electron chi connectivity index (χ1n) is 5.91. The van der Waals surface area contributed by atoms with Crippen molar-refractivity contribution in [3.63, 3.8) is 0 Å². The lowest BCUT2D eigenvalue weighted by Crippen LogP contribution is -1.98. The lowest BCUT2D eigenvalue weighted by molar-refractivity contribution is 0.928. The zero-order valence-corrected chi connectivity index (χ0v) is 12.3. The summed E-state index contributed by atoms with van der Waals surface area (Å²) in [7, 11) is 0. The number of benzene rings is 1. The molecule has 0 aliphatic carbocycles. The van der Waals surface area contributed by atoms with E-state index in [2.05, 4.69) is 35.6 Å². The summed E-state index contributed by atoms with van der Waals surface area (Å²) in [6.07, 6.45) is 2.05. The van der Waals surface area contributed by atoms with Gasteiger partial charge in [-0.05, 0) is 42.7 Å². The molecule has 96 valence electrons. The van der Waals surface area contributed by atoms with Gasteiger partial charge < -0.3 is 5.32 Å². The van der Waals surface area contributed by atoms with Crippen LogP contribution in [0.15, 0.2) is 36.4 Å². The Morgan fingerprint density at radius 2 is 2.06 bits per heavy atom. The van der Waals surface area contributed by atoms with E-state index in [4.69, 9.17) is 23.2 Å². The molecule has 1 aromatic heterocycles. The van der Waals surface area contributed by atoms with E-state index in [-0.39, 0.29) is 0 Å². The Kier molecular flexibility index (Phi) is 5.36. The Morgan fingerprint density at radius 1 is 1.17 bits per heavy atom. The Hall–Kier alpha value is -0.700. The zero-order chi connectivity index (χ0) is 12.8. The molecule has 0 saturated heterocycles. The average Bonchev–Trinajstić information content (AvgIpc) is 2.80. The fraction of sp³-hybridized carbons (Fsp3) is 0.286. The molecule has 1 N–H and O–H groups in total. The highest BCUT2D eigenvalue weighted by Crippen LogP contribution is 2.22. The van der Waals surface area contributed by atoms with E-state index in [9.17, 15) is 0 Å². The largest absolute Gasteiger partial charge is 0.380 e. The third-order valence-corrected chi connectivity index (χ3v) is 4.12. The molecule has 0 aliphatic heterocycles.